The largest absolute Gasteiger partial charge is 0.383 e. The number of methoxy groups -OCH3 is 1. The van der Waals surface area contributed by atoms with Crippen LogP contribution in [0.2, 0.25) is 0 Å². The summed E-state index contributed by atoms with van der Waals surface area (Å²) in [5.74, 6) is 0. The molecule has 0 fully saturated rings. The van der Waals surface area contributed by atoms with Crippen LogP contribution in [0.4, 0.5) is 0 Å². The molecule has 2 rings (SSSR count). The van der Waals surface area contributed by atoms with E-state index in [4.69, 9.17) is 16.3 Å². The molecule has 5 heteroatoms. The fourth-order valence-electron chi connectivity index (χ4n) is 1.67. The van der Waals surface area contributed by atoms with Crippen LogP contribution in [0.1, 0.15) is 5.69 Å². The predicted molar refractivity (Wildman–Crippen MR) is 68.4 cm³/mol. The number of hydrogen-bond acceptors (Lipinski definition) is 3. The van der Waals surface area contributed by atoms with E-state index in [0.29, 0.717) is 19.7 Å². The van der Waals surface area contributed by atoms with Gasteiger partial charge in [0.25, 0.3) is 0 Å². The monoisotopic (exact) mass is 253 g/mol. The molecule has 0 aliphatic heterocycles. The van der Waals surface area contributed by atoms with Gasteiger partial charge in [-0.1, -0.05) is 6.07 Å². The van der Waals surface area contributed by atoms with Crippen LogP contribution in [0.15, 0.2) is 30.6 Å². The van der Waals surface area contributed by atoms with Gasteiger partial charge in [0.2, 0.25) is 0 Å². The zero-order chi connectivity index (χ0) is 12.1. The molecule has 1 unspecified atom stereocenters. The number of aromatic nitrogens is 2. The molecule has 1 N–H and O–H groups in total. The van der Waals surface area contributed by atoms with Gasteiger partial charge in [0.15, 0.2) is 0 Å². The van der Waals surface area contributed by atoms with Gasteiger partial charge in [-0.25, -0.2) is 4.98 Å². The Kier molecular flexibility index (Phi) is 4.36. The molecule has 0 aliphatic carbocycles. The average Bonchev–Trinajstić information content (AvgIpc) is 2.71. The van der Waals surface area contributed by atoms with Crippen molar-refractivity contribution in [1.29, 1.82) is 0 Å². The molecule has 0 saturated heterocycles. The van der Waals surface area contributed by atoms with Gasteiger partial charge in [-0.15, -0.1) is 11.6 Å². The Bertz CT molecular complexity index is 438. The lowest BCUT2D eigenvalue weighted by Crippen LogP contribution is -2.25. The number of halogens is 1. The lowest BCUT2D eigenvalue weighted by Gasteiger charge is -2.08. The average molecular weight is 254 g/mol. The van der Waals surface area contributed by atoms with Gasteiger partial charge in [-0.3, -0.25) is 0 Å². The number of hydrogen-bond donors (Lipinski definition) is 1. The Morgan fingerprint density at radius 1 is 1.53 bits per heavy atom. The van der Waals surface area contributed by atoms with Gasteiger partial charge in [0.1, 0.15) is 5.65 Å². The quantitative estimate of drug-likeness (QED) is 0.796. The second-order valence-electron chi connectivity index (χ2n) is 3.88. The summed E-state index contributed by atoms with van der Waals surface area (Å²) < 4.78 is 6.97. The molecule has 0 amide bonds. The zero-order valence-corrected chi connectivity index (χ0v) is 10.5. The van der Waals surface area contributed by atoms with Crippen molar-refractivity contribution in [2.24, 2.45) is 0 Å². The molecule has 0 radical (unpaired) electrons. The first-order valence-electron chi connectivity index (χ1n) is 5.56. The highest BCUT2D eigenvalue weighted by Crippen LogP contribution is 2.04. The van der Waals surface area contributed by atoms with Gasteiger partial charge in [-0.2, -0.15) is 0 Å². The summed E-state index contributed by atoms with van der Waals surface area (Å²) in [7, 11) is 1.65. The standard InChI is InChI=1S/C12H16ClN3O/c1-17-9-10(13)6-14-7-11-8-16-5-3-2-4-12(16)15-11/h2-5,8,10,14H,6-7,9H2,1H3. The van der Waals surface area contributed by atoms with E-state index in [-0.39, 0.29) is 5.38 Å². The van der Waals surface area contributed by atoms with E-state index in [0.717, 1.165) is 11.3 Å². The molecule has 2 heterocycles. The van der Waals surface area contributed by atoms with E-state index in [1.54, 1.807) is 7.11 Å². The van der Waals surface area contributed by atoms with Gasteiger partial charge in [-0.05, 0) is 12.1 Å². The number of ether oxygens (including phenoxy) is 1. The van der Waals surface area contributed by atoms with Crippen molar-refractivity contribution >= 4 is 17.2 Å². The first-order chi connectivity index (χ1) is 8.29. The molecular formula is C12H16ClN3O. The molecular weight excluding hydrogens is 238 g/mol. The minimum Gasteiger partial charge on any atom is -0.383 e. The summed E-state index contributed by atoms with van der Waals surface area (Å²) in [4.78, 5) is 4.48. The number of imidazole rings is 1. The van der Waals surface area contributed by atoms with E-state index in [9.17, 15) is 0 Å². The van der Waals surface area contributed by atoms with Crippen molar-refractivity contribution in [2.75, 3.05) is 20.3 Å². The van der Waals surface area contributed by atoms with Crippen molar-refractivity contribution in [1.82, 2.24) is 14.7 Å². The topological polar surface area (TPSA) is 38.6 Å². The van der Waals surface area contributed by atoms with Crippen LogP contribution in [-0.4, -0.2) is 35.0 Å². The first-order valence-corrected chi connectivity index (χ1v) is 5.99. The summed E-state index contributed by atoms with van der Waals surface area (Å²) in [5, 5.41) is 3.26. The Labute approximate surface area is 106 Å². The van der Waals surface area contributed by atoms with Crippen LogP contribution < -0.4 is 5.32 Å². The Morgan fingerprint density at radius 2 is 2.41 bits per heavy atom. The van der Waals surface area contributed by atoms with Crippen molar-refractivity contribution < 1.29 is 4.74 Å². The molecule has 4 nitrogen and oxygen atoms in total. The molecule has 92 valence electrons. The summed E-state index contributed by atoms with van der Waals surface area (Å²) in [6.07, 6.45) is 4.00. The van der Waals surface area contributed by atoms with Crippen molar-refractivity contribution in [3.63, 3.8) is 0 Å². The smallest absolute Gasteiger partial charge is 0.137 e. The third kappa shape index (κ3) is 3.43. The van der Waals surface area contributed by atoms with Crippen LogP contribution in [-0.2, 0) is 11.3 Å². The molecule has 17 heavy (non-hydrogen) atoms. The van der Waals surface area contributed by atoms with E-state index in [1.807, 2.05) is 35.0 Å². The number of nitrogens with one attached hydrogen (secondary N) is 1. The van der Waals surface area contributed by atoms with Crippen LogP contribution in [0, 0.1) is 0 Å². The van der Waals surface area contributed by atoms with Gasteiger partial charge < -0.3 is 14.5 Å². The van der Waals surface area contributed by atoms with Crippen LogP contribution in [0.3, 0.4) is 0 Å². The van der Waals surface area contributed by atoms with Gasteiger partial charge in [0, 0.05) is 32.6 Å². The number of rotatable bonds is 6. The zero-order valence-electron chi connectivity index (χ0n) is 9.77. The molecule has 0 spiro atoms. The van der Waals surface area contributed by atoms with E-state index >= 15 is 0 Å². The number of fused-ring (bicyclic) bond motifs is 1. The molecule has 0 saturated carbocycles. The van der Waals surface area contributed by atoms with E-state index in [1.165, 1.54) is 0 Å². The summed E-state index contributed by atoms with van der Waals surface area (Å²) in [6, 6.07) is 5.95. The van der Waals surface area contributed by atoms with E-state index < -0.39 is 0 Å². The molecule has 1 atom stereocenters. The predicted octanol–water partition coefficient (Wildman–Crippen LogP) is 1.68. The van der Waals surface area contributed by atoms with Crippen LogP contribution in [0.25, 0.3) is 5.65 Å². The minimum absolute atomic E-state index is 0.00275. The Morgan fingerprint density at radius 3 is 3.18 bits per heavy atom. The summed E-state index contributed by atoms with van der Waals surface area (Å²) in [6.45, 7) is 1.98. The van der Waals surface area contributed by atoms with E-state index in [2.05, 4.69) is 10.3 Å². The number of nitrogens with zero attached hydrogens (tertiary/aromatic N) is 2. The second-order valence-corrected chi connectivity index (χ2v) is 4.50. The SMILES string of the molecule is COCC(Cl)CNCc1cn2ccccc2n1. The maximum absolute atomic E-state index is 6.01. The summed E-state index contributed by atoms with van der Waals surface area (Å²) in [5.41, 5.74) is 1.97. The maximum atomic E-state index is 6.01. The minimum atomic E-state index is -0.00275. The highest BCUT2D eigenvalue weighted by molar-refractivity contribution is 6.20. The molecule has 0 aromatic carbocycles. The van der Waals surface area contributed by atoms with Gasteiger partial charge >= 0.3 is 0 Å². The first kappa shape index (κ1) is 12.4. The Hall–Kier alpha value is -1.10. The lowest BCUT2D eigenvalue weighted by molar-refractivity contribution is 0.197. The third-order valence-corrected chi connectivity index (χ3v) is 2.71. The fraction of sp³-hybridized carbons (Fsp3) is 0.417. The van der Waals surface area contributed by atoms with Crippen LogP contribution in [0.5, 0.6) is 0 Å². The molecule has 2 aromatic rings. The lowest BCUT2D eigenvalue weighted by atomic mass is 10.4. The fourth-order valence-corrected chi connectivity index (χ4v) is 1.90. The highest BCUT2D eigenvalue weighted by atomic mass is 35.5. The van der Waals surface area contributed by atoms with Crippen LogP contribution >= 0.6 is 11.6 Å². The van der Waals surface area contributed by atoms with Crippen molar-refractivity contribution in [3.8, 4) is 0 Å². The van der Waals surface area contributed by atoms with Crippen molar-refractivity contribution in [2.45, 2.75) is 11.9 Å². The van der Waals surface area contributed by atoms with Gasteiger partial charge in [0.05, 0.1) is 17.7 Å². The number of pyridine rings is 1. The second kappa shape index (κ2) is 6.00. The maximum Gasteiger partial charge on any atom is 0.137 e. The Balaban J connectivity index is 1.86. The highest BCUT2D eigenvalue weighted by Gasteiger charge is 2.04. The number of alkyl halides is 1. The summed E-state index contributed by atoms with van der Waals surface area (Å²) >= 11 is 6.01. The molecule has 0 bridgehead atoms. The molecule has 2 aromatic heterocycles. The van der Waals surface area contributed by atoms with Crippen molar-refractivity contribution in [3.05, 3.63) is 36.3 Å². The normalized spacial score (nSPS) is 13.1. The molecule has 0 aliphatic rings. The third-order valence-electron chi connectivity index (χ3n) is 2.43.